The molecular formula is C12H10ClF2N3S. The van der Waals surface area contributed by atoms with Crippen molar-refractivity contribution in [3.05, 3.63) is 44.9 Å². The SMILES string of the molecule is Cc1csc(NN=Cc2c(Cl)cc(F)c(C)c2F)n1. The van der Waals surface area contributed by atoms with Crippen LogP contribution in [0.1, 0.15) is 16.8 Å². The highest BCUT2D eigenvalue weighted by molar-refractivity contribution is 7.13. The second kappa shape index (κ2) is 5.63. The number of thiazole rings is 1. The normalized spacial score (nSPS) is 11.2. The number of halogens is 3. The minimum atomic E-state index is -0.717. The number of hydrazone groups is 1. The number of hydrogen-bond acceptors (Lipinski definition) is 4. The van der Waals surface area contributed by atoms with Crippen LogP contribution >= 0.6 is 22.9 Å². The molecule has 2 rings (SSSR count). The summed E-state index contributed by atoms with van der Waals surface area (Å²) >= 11 is 7.16. The van der Waals surface area contributed by atoms with Crippen molar-refractivity contribution in [2.75, 3.05) is 5.43 Å². The fourth-order valence-electron chi connectivity index (χ4n) is 1.38. The predicted octanol–water partition coefficient (Wildman–Crippen LogP) is 4.14. The van der Waals surface area contributed by atoms with Gasteiger partial charge in [-0.05, 0) is 19.9 Å². The molecule has 0 saturated carbocycles. The summed E-state index contributed by atoms with van der Waals surface area (Å²) in [7, 11) is 0. The highest BCUT2D eigenvalue weighted by Crippen LogP contribution is 2.23. The van der Waals surface area contributed by atoms with Crippen molar-refractivity contribution in [1.29, 1.82) is 0 Å². The number of hydrogen-bond donors (Lipinski definition) is 1. The average molecular weight is 302 g/mol. The molecule has 0 radical (unpaired) electrons. The van der Waals surface area contributed by atoms with Crippen molar-refractivity contribution in [2.45, 2.75) is 13.8 Å². The molecule has 0 spiro atoms. The molecule has 0 unspecified atom stereocenters. The zero-order chi connectivity index (χ0) is 14.0. The first-order valence-electron chi connectivity index (χ1n) is 5.34. The number of aryl methyl sites for hydroxylation is 1. The first kappa shape index (κ1) is 13.9. The van der Waals surface area contributed by atoms with Gasteiger partial charge in [0.05, 0.1) is 16.9 Å². The van der Waals surface area contributed by atoms with E-state index in [0.717, 1.165) is 11.8 Å². The smallest absolute Gasteiger partial charge is 0.203 e. The summed E-state index contributed by atoms with van der Waals surface area (Å²) in [5.41, 5.74) is 3.48. The fraction of sp³-hybridized carbons (Fsp3) is 0.167. The van der Waals surface area contributed by atoms with Crippen LogP contribution in [0.2, 0.25) is 5.02 Å². The van der Waals surface area contributed by atoms with Gasteiger partial charge in [-0.15, -0.1) is 11.3 Å². The minimum absolute atomic E-state index is 0.0264. The van der Waals surface area contributed by atoms with Crippen molar-refractivity contribution < 1.29 is 8.78 Å². The van der Waals surface area contributed by atoms with E-state index in [4.69, 9.17) is 11.6 Å². The number of benzene rings is 1. The van der Waals surface area contributed by atoms with Crippen LogP contribution in [-0.4, -0.2) is 11.2 Å². The second-order valence-corrected chi connectivity index (χ2v) is 5.12. The van der Waals surface area contributed by atoms with Crippen LogP contribution in [0.25, 0.3) is 0 Å². The highest BCUT2D eigenvalue weighted by atomic mass is 35.5. The molecule has 0 aliphatic carbocycles. The van der Waals surface area contributed by atoms with Gasteiger partial charge in [0.25, 0.3) is 0 Å². The van der Waals surface area contributed by atoms with Gasteiger partial charge in [-0.25, -0.2) is 13.8 Å². The molecule has 1 heterocycles. The molecule has 19 heavy (non-hydrogen) atoms. The zero-order valence-electron chi connectivity index (χ0n) is 10.2. The third kappa shape index (κ3) is 3.08. The molecule has 0 amide bonds. The molecule has 3 nitrogen and oxygen atoms in total. The summed E-state index contributed by atoms with van der Waals surface area (Å²) in [6.07, 6.45) is 1.21. The Kier molecular flexibility index (Phi) is 4.11. The summed E-state index contributed by atoms with van der Waals surface area (Å²) in [6, 6.07) is 1.06. The van der Waals surface area contributed by atoms with Crippen LogP contribution in [0.15, 0.2) is 16.5 Å². The van der Waals surface area contributed by atoms with Crippen LogP contribution in [0, 0.1) is 25.5 Å². The number of nitrogens with one attached hydrogen (secondary N) is 1. The van der Waals surface area contributed by atoms with E-state index in [1.807, 2.05) is 12.3 Å². The quantitative estimate of drug-likeness (QED) is 0.683. The molecule has 0 fully saturated rings. The van der Waals surface area contributed by atoms with Gasteiger partial charge in [-0.1, -0.05) is 11.6 Å². The van der Waals surface area contributed by atoms with Crippen molar-refractivity contribution >= 4 is 34.3 Å². The number of aromatic nitrogens is 1. The summed E-state index contributed by atoms with van der Waals surface area (Å²) in [4.78, 5) is 4.13. The Morgan fingerprint density at radius 1 is 1.42 bits per heavy atom. The van der Waals surface area contributed by atoms with Crippen molar-refractivity contribution in [2.24, 2.45) is 5.10 Å². The maximum atomic E-state index is 13.8. The highest BCUT2D eigenvalue weighted by Gasteiger charge is 2.13. The van der Waals surface area contributed by atoms with Gasteiger partial charge < -0.3 is 0 Å². The fourth-order valence-corrected chi connectivity index (χ4v) is 2.25. The van der Waals surface area contributed by atoms with Crippen molar-refractivity contribution in [3.63, 3.8) is 0 Å². The lowest BCUT2D eigenvalue weighted by Crippen LogP contribution is -1.99. The first-order chi connectivity index (χ1) is 8.99. The van der Waals surface area contributed by atoms with E-state index in [9.17, 15) is 8.78 Å². The minimum Gasteiger partial charge on any atom is -0.253 e. The Hall–Kier alpha value is -1.53. The van der Waals surface area contributed by atoms with Gasteiger partial charge >= 0.3 is 0 Å². The number of anilines is 1. The van der Waals surface area contributed by atoms with Gasteiger partial charge in [-0.3, -0.25) is 5.43 Å². The predicted molar refractivity (Wildman–Crippen MR) is 74.2 cm³/mol. The van der Waals surface area contributed by atoms with Gasteiger partial charge in [0.1, 0.15) is 11.6 Å². The van der Waals surface area contributed by atoms with Gasteiger partial charge in [0.2, 0.25) is 5.13 Å². The monoisotopic (exact) mass is 301 g/mol. The maximum Gasteiger partial charge on any atom is 0.203 e. The average Bonchev–Trinajstić information content (AvgIpc) is 2.77. The molecule has 2 aromatic rings. The lowest BCUT2D eigenvalue weighted by Gasteiger charge is -2.04. The van der Waals surface area contributed by atoms with Gasteiger partial charge in [0, 0.05) is 16.5 Å². The van der Waals surface area contributed by atoms with Crippen LogP contribution < -0.4 is 5.43 Å². The number of nitrogens with zero attached hydrogens (tertiary/aromatic N) is 2. The van der Waals surface area contributed by atoms with Crippen LogP contribution in [0.3, 0.4) is 0 Å². The lowest BCUT2D eigenvalue weighted by atomic mass is 10.1. The standard InChI is InChI=1S/C12H10ClF2N3S/c1-6-5-19-12(17-6)18-16-4-8-9(13)3-10(14)7(2)11(8)15/h3-5H,1-2H3,(H,17,18). The molecule has 7 heteroatoms. The summed E-state index contributed by atoms with van der Waals surface area (Å²) in [5, 5.41) is 6.26. The topological polar surface area (TPSA) is 37.3 Å². The molecule has 1 aromatic heterocycles. The Morgan fingerprint density at radius 2 is 2.16 bits per heavy atom. The van der Waals surface area contributed by atoms with E-state index in [0.29, 0.717) is 5.13 Å². The maximum absolute atomic E-state index is 13.8. The van der Waals surface area contributed by atoms with Crippen LogP contribution in [0.5, 0.6) is 0 Å². The van der Waals surface area contributed by atoms with Crippen molar-refractivity contribution in [3.8, 4) is 0 Å². The molecule has 1 N–H and O–H groups in total. The second-order valence-electron chi connectivity index (χ2n) is 3.86. The molecule has 0 atom stereocenters. The zero-order valence-corrected chi connectivity index (χ0v) is 11.7. The largest absolute Gasteiger partial charge is 0.253 e. The van der Waals surface area contributed by atoms with Gasteiger partial charge in [0.15, 0.2) is 0 Å². The van der Waals surface area contributed by atoms with E-state index in [2.05, 4.69) is 15.5 Å². The Morgan fingerprint density at radius 3 is 2.79 bits per heavy atom. The van der Waals surface area contributed by atoms with Crippen LogP contribution in [-0.2, 0) is 0 Å². The van der Waals surface area contributed by atoms with Crippen molar-refractivity contribution in [1.82, 2.24) is 4.98 Å². The molecule has 0 aliphatic rings. The Bertz CT molecular complexity index is 640. The van der Waals surface area contributed by atoms with E-state index in [-0.39, 0.29) is 16.1 Å². The number of rotatable bonds is 3. The summed E-state index contributed by atoms with van der Waals surface area (Å²) in [6.45, 7) is 3.20. The molecule has 0 bridgehead atoms. The molecule has 0 aliphatic heterocycles. The van der Waals surface area contributed by atoms with E-state index in [1.54, 1.807) is 0 Å². The van der Waals surface area contributed by atoms with Crippen LogP contribution in [0.4, 0.5) is 13.9 Å². The third-order valence-corrected chi connectivity index (χ3v) is 3.59. The van der Waals surface area contributed by atoms with Gasteiger partial charge in [-0.2, -0.15) is 5.10 Å². The molecular weight excluding hydrogens is 292 g/mol. The third-order valence-electron chi connectivity index (χ3n) is 2.41. The molecule has 1 aromatic carbocycles. The Balaban J connectivity index is 2.21. The van der Waals surface area contributed by atoms with E-state index < -0.39 is 11.6 Å². The van der Waals surface area contributed by atoms with E-state index in [1.165, 1.54) is 24.5 Å². The molecule has 100 valence electrons. The molecule has 0 saturated heterocycles. The summed E-state index contributed by atoms with van der Waals surface area (Å²) < 4.78 is 27.0. The Labute approximate surface area is 117 Å². The lowest BCUT2D eigenvalue weighted by molar-refractivity contribution is 0.567. The van der Waals surface area contributed by atoms with E-state index >= 15 is 0 Å². The first-order valence-corrected chi connectivity index (χ1v) is 6.60. The summed E-state index contributed by atoms with van der Waals surface area (Å²) in [5.74, 6) is -1.39.